The maximum atomic E-state index is 12.7. The van der Waals surface area contributed by atoms with Gasteiger partial charge in [-0.15, -0.1) is 0 Å². The van der Waals surface area contributed by atoms with E-state index in [0.717, 1.165) is 5.56 Å². The van der Waals surface area contributed by atoms with E-state index in [4.69, 9.17) is 0 Å². The number of nitrogens with zero attached hydrogens (tertiary/aromatic N) is 1. The average molecular weight is 371 g/mol. The van der Waals surface area contributed by atoms with E-state index in [2.05, 4.69) is 10.6 Å². The van der Waals surface area contributed by atoms with Gasteiger partial charge in [-0.05, 0) is 30.9 Å². The fourth-order valence-electron chi connectivity index (χ4n) is 3.59. The predicted molar refractivity (Wildman–Crippen MR) is 100 cm³/mol. The van der Waals surface area contributed by atoms with E-state index in [-0.39, 0.29) is 30.2 Å². The minimum atomic E-state index is -0.673. The van der Waals surface area contributed by atoms with Crippen molar-refractivity contribution in [3.05, 3.63) is 42.0 Å². The van der Waals surface area contributed by atoms with Crippen LogP contribution in [0.2, 0.25) is 0 Å². The molecule has 144 valence electrons. The molecule has 2 fully saturated rings. The summed E-state index contributed by atoms with van der Waals surface area (Å²) in [6.07, 6.45) is 3.85. The summed E-state index contributed by atoms with van der Waals surface area (Å²) < 4.78 is 0. The molecule has 1 aromatic rings. The van der Waals surface area contributed by atoms with Crippen molar-refractivity contribution in [1.29, 1.82) is 0 Å². The van der Waals surface area contributed by atoms with Crippen LogP contribution in [-0.2, 0) is 14.4 Å². The van der Waals surface area contributed by atoms with Crippen LogP contribution < -0.4 is 10.6 Å². The van der Waals surface area contributed by atoms with E-state index in [0.29, 0.717) is 32.4 Å². The molecule has 1 saturated heterocycles. The summed E-state index contributed by atoms with van der Waals surface area (Å²) in [6.45, 7) is 1.04. The second kappa shape index (κ2) is 8.81. The first-order valence-electron chi connectivity index (χ1n) is 9.30. The van der Waals surface area contributed by atoms with Gasteiger partial charge in [-0.2, -0.15) is 0 Å². The predicted octanol–water partition coefficient (Wildman–Crippen LogP) is 0.304. The van der Waals surface area contributed by atoms with Crippen LogP contribution in [0, 0.1) is 5.92 Å². The molecule has 7 heteroatoms. The van der Waals surface area contributed by atoms with E-state index < -0.39 is 12.1 Å². The molecule has 1 heterocycles. The lowest BCUT2D eigenvalue weighted by molar-refractivity contribution is -0.143. The molecule has 27 heavy (non-hydrogen) atoms. The molecule has 1 aromatic carbocycles. The Morgan fingerprint density at radius 1 is 1.22 bits per heavy atom. The molecule has 3 amide bonds. The summed E-state index contributed by atoms with van der Waals surface area (Å²) in [5, 5.41) is 15.7. The second-order valence-corrected chi connectivity index (χ2v) is 7.05. The topological polar surface area (TPSA) is 98.7 Å². The summed E-state index contributed by atoms with van der Waals surface area (Å²) >= 11 is 0. The van der Waals surface area contributed by atoms with Gasteiger partial charge in [0.05, 0.1) is 18.7 Å². The van der Waals surface area contributed by atoms with E-state index in [9.17, 15) is 19.5 Å². The standard InChI is InChI=1S/C20H25N3O4/c24-17-8-7-15(20(27)23-11-10-21-19(26)13-23)12-16(17)22-18(25)9-6-14-4-2-1-3-5-14/h1-6,9,15-17,24H,7-8,10-13H2,(H,21,26)(H,22,25)/b9-6+/t15-,16+,17+/m0/s1. The molecule has 0 bridgehead atoms. The molecular formula is C20H25N3O4. The third-order valence-electron chi connectivity index (χ3n) is 5.07. The molecule has 3 atom stereocenters. The number of carbonyl (C=O) groups is 3. The number of aliphatic hydroxyl groups excluding tert-OH is 1. The first kappa shape index (κ1) is 19.1. The number of rotatable bonds is 4. The summed E-state index contributed by atoms with van der Waals surface area (Å²) in [7, 11) is 0. The lowest BCUT2D eigenvalue weighted by Crippen LogP contribution is -2.54. The Kier molecular flexibility index (Phi) is 6.24. The van der Waals surface area contributed by atoms with E-state index in [1.807, 2.05) is 30.3 Å². The molecule has 1 aliphatic carbocycles. The minimum Gasteiger partial charge on any atom is -0.391 e. The third kappa shape index (κ3) is 5.17. The largest absolute Gasteiger partial charge is 0.391 e. The van der Waals surface area contributed by atoms with Gasteiger partial charge in [0.25, 0.3) is 0 Å². The van der Waals surface area contributed by atoms with Crippen molar-refractivity contribution < 1.29 is 19.5 Å². The number of carbonyl (C=O) groups excluding carboxylic acids is 3. The normalized spacial score (nSPS) is 25.9. The molecule has 0 spiro atoms. The molecule has 3 rings (SSSR count). The zero-order chi connectivity index (χ0) is 19.2. The summed E-state index contributed by atoms with van der Waals surface area (Å²) in [4.78, 5) is 37.9. The maximum absolute atomic E-state index is 12.7. The Morgan fingerprint density at radius 3 is 2.74 bits per heavy atom. The highest BCUT2D eigenvalue weighted by Gasteiger charge is 2.36. The minimum absolute atomic E-state index is 0.0733. The molecule has 0 aromatic heterocycles. The fourth-order valence-corrected chi connectivity index (χ4v) is 3.59. The number of amides is 3. The lowest BCUT2D eigenvalue weighted by Gasteiger charge is -2.36. The van der Waals surface area contributed by atoms with Crippen molar-refractivity contribution in [3.63, 3.8) is 0 Å². The smallest absolute Gasteiger partial charge is 0.244 e. The first-order valence-corrected chi connectivity index (χ1v) is 9.30. The van der Waals surface area contributed by atoms with E-state index >= 15 is 0 Å². The Labute approximate surface area is 158 Å². The van der Waals surface area contributed by atoms with Crippen molar-refractivity contribution in [2.45, 2.75) is 31.4 Å². The van der Waals surface area contributed by atoms with E-state index in [1.165, 1.54) is 6.08 Å². The highest BCUT2D eigenvalue weighted by atomic mass is 16.3. The van der Waals surface area contributed by atoms with Gasteiger partial charge < -0.3 is 20.6 Å². The van der Waals surface area contributed by atoms with Crippen LogP contribution in [0.1, 0.15) is 24.8 Å². The quantitative estimate of drug-likeness (QED) is 0.663. The number of benzene rings is 1. The van der Waals surface area contributed by atoms with Gasteiger partial charge in [-0.3, -0.25) is 14.4 Å². The van der Waals surface area contributed by atoms with Gasteiger partial charge >= 0.3 is 0 Å². The molecular weight excluding hydrogens is 346 g/mol. The second-order valence-electron chi connectivity index (χ2n) is 7.05. The third-order valence-corrected chi connectivity index (χ3v) is 5.07. The number of hydrogen-bond donors (Lipinski definition) is 3. The lowest BCUT2D eigenvalue weighted by atomic mass is 9.82. The number of hydrogen-bond acceptors (Lipinski definition) is 4. The Hall–Kier alpha value is -2.67. The molecule has 7 nitrogen and oxygen atoms in total. The zero-order valence-electron chi connectivity index (χ0n) is 15.1. The molecule has 2 aliphatic rings. The van der Waals surface area contributed by atoms with Gasteiger partial charge in [-0.1, -0.05) is 30.3 Å². The maximum Gasteiger partial charge on any atom is 0.244 e. The summed E-state index contributed by atoms with van der Waals surface area (Å²) in [5.74, 6) is -0.812. The molecule has 1 aliphatic heterocycles. The van der Waals surface area contributed by atoms with Crippen molar-refractivity contribution in [2.24, 2.45) is 5.92 Å². The number of nitrogens with one attached hydrogen (secondary N) is 2. The molecule has 3 N–H and O–H groups in total. The van der Waals surface area contributed by atoms with Crippen molar-refractivity contribution >= 4 is 23.8 Å². The number of aliphatic hydroxyl groups is 1. The monoisotopic (exact) mass is 371 g/mol. The first-order chi connectivity index (χ1) is 13.0. The van der Waals surface area contributed by atoms with Crippen LogP contribution in [0.4, 0.5) is 0 Å². The fraction of sp³-hybridized carbons (Fsp3) is 0.450. The highest BCUT2D eigenvalue weighted by Crippen LogP contribution is 2.27. The summed E-state index contributed by atoms with van der Waals surface area (Å²) in [5.41, 5.74) is 0.910. The zero-order valence-corrected chi connectivity index (χ0v) is 15.1. The van der Waals surface area contributed by atoms with Crippen LogP contribution in [0.5, 0.6) is 0 Å². The Bertz CT molecular complexity index is 719. The number of piperazine rings is 1. The van der Waals surface area contributed by atoms with Gasteiger partial charge in [0.1, 0.15) is 0 Å². The Balaban J connectivity index is 1.56. The van der Waals surface area contributed by atoms with Crippen LogP contribution >= 0.6 is 0 Å². The highest BCUT2D eigenvalue weighted by molar-refractivity contribution is 5.92. The van der Waals surface area contributed by atoms with Gasteiger partial charge in [0.2, 0.25) is 17.7 Å². The Morgan fingerprint density at radius 2 is 2.00 bits per heavy atom. The van der Waals surface area contributed by atoms with Crippen LogP contribution in [0.3, 0.4) is 0 Å². The van der Waals surface area contributed by atoms with Crippen LogP contribution in [0.15, 0.2) is 36.4 Å². The molecule has 0 unspecified atom stereocenters. The van der Waals surface area contributed by atoms with Crippen molar-refractivity contribution in [1.82, 2.24) is 15.5 Å². The SMILES string of the molecule is O=C(/C=C/c1ccccc1)N[C@@H]1C[C@@H](C(=O)N2CCNC(=O)C2)CC[C@H]1O. The van der Waals surface area contributed by atoms with Crippen molar-refractivity contribution in [2.75, 3.05) is 19.6 Å². The van der Waals surface area contributed by atoms with Gasteiger partial charge in [0.15, 0.2) is 0 Å². The average Bonchev–Trinajstić information content (AvgIpc) is 2.68. The van der Waals surface area contributed by atoms with Crippen molar-refractivity contribution in [3.8, 4) is 0 Å². The van der Waals surface area contributed by atoms with Crippen LogP contribution in [-0.4, -0.2) is 59.5 Å². The molecule has 0 radical (unpaired) electrons. The molecule has 1 saturated carbocycles. The van der Waals surface area contributed by atoms with E-state index in [1.54, 1.807) is 11.0 Å². The summed E-state index contributed by atoms with van der Waals surface area (Å²) in [6, 6.07) is 8.99. The van der Waals surface area contributed by atoms with Gasteiger partial charge in [0, 0.05) is 25.1 Å². The van der Waals surface area contributed by atoms with Crippen LogP contribution in [0.25, 0.3) is 6.08 Å². The van der Waals surface area contributed by atoms with Gasteiger partial charge in [-0.25, -0.2) is 0 Å².